The van der Waals surface area contributed by atoms with Gasteiger partial charge in [-0.2, -0.15) is 13.2 Å². The molecule has 4 aromatic rings. The minimum atomic E-state index is -4.50. The average molecular weight is 439 g/mol. The summed E-state index contributed by atoms with van der Waals surface area (Å²) in [6.07, 6.45) is -4.50. The first-order valence-electron chi connectivity index (χ1n) is 9.25. The van der Waals surface area contributed by atoms with Gasteiger partial charge in [-0.1, -0.05) is 36.4 Å². The molecule has 1 amide bonds. The highest BCUT2D eigenvalue weighted by atomic mass is 32.1. The second kappa shape index (κ2) is 8.61. The minimum Gasteiger partial charge on any atom is -0.332 e. The summed E-state index contributed by atoms with van der Waals surface area (Å²) >= 11 is 1.47. The number of halogens is 3. The first kappa shape index (κ1) is 20.6. The lowest BCUT2D eigenvalue weighted by Crippen LogP contribution is -2.13. The number of carbonyl (C=O) groups is 1. The van der Waals surface area contributed by atoms with Crippen LogP contribution in [0.15, 0.2) is 84.2 Å². The fraction of sp³-hybridized carbons (Fsp3) is 0.0435. The van der Waals surface area contributed by atoms with Crippen molar-refractivity contribution in [1.29, 1.82) is 0 Å². The summed E-state index contributed by atoms with van der Waals surface area (Å²) in [5.74, 6) is -0.609. The van der Waals surface area contributed by atoms with Crippen LogP contribution in [-0.2, 0) is 6.18 Å². The van der Waals surface area contributed by atoms with E-state index in [9.17, 15) is 18.0 Å². The normalized spacial score (nSPS) is 11.2. The third-order valence-electron chi connectivity index (χ3n) is 4.42. The fourth-order valence-electron chi connectivity index (χ4n) is 2.87. The van der Waals surface area contributed by atoms with Crippen LogP contribution >= 0.6 is 11.3 Å². The highest BCUT2D eigenvalue weighted by molar-refractivity contribution is 7.14. The molecule has 31 heavy (non-hydrogen) atoms. The zero-order valence-electron chi connectivity index (χ0n) is 16.0. The Labute approximate surface area is 180 Å². The molecular weight excluding hydrogens is 423 g/mol. The number of nitrogens with one attached hydrogen (secondary N) is 2. The van der Waals surface area contributed by atoms with Crippen LogP contribution in [0.3, 0.4) is 0 Å². The van der Waals surface area contributed by atoms with Crippen molar-refractivity contribution in [1.82, 2.24) is 4.98 Å². The molecule has 0 radical (unpaired) electrons. The summed E-state index contributed by atoms with van der Waals surface area (Å²) in [5, 5.41) is 8.52. The van der Waals surface area contributed by atoms with Gasteiger partial charge in [-0.15, -0.1) is 11.3 Å². The van der Waals surface area contributed by atoms with E-state index in [1.807, 2.05) is 35.7 Å². The zero-order valence-corrected chi connectivity index (χ0v) is 16.8. The number of amides is 1. The lowest BCUT2D eigenvalue weighted by atomic mass is 10.1. The molecule has 2 N–H and O–H groups in total. The number of nitrogens with zero attached hydrogens (tertiary/aromatic N) is 1. The van der Waals surface area contributed by atoms with E-state index >= 15 is 0 Å². The number of thiazole rings is 1. The molecular formula is C23H16F3N3OS. The van der Waals surface area contributed by atoms with Gasteiger partial charge in [-0.3, -0.25) is 4.79 Å². The summed E-state index contributed by atoms with van der Waals surface area (Å²) in [4.78, 5) is 16.9. The molecule has 4 rings (SSSR count). The van der Waals surface area contributed by atoms with Crippen molar-refractivity contribution in [2.75, 3.05) is 10.6 Å². The Kier molecular flexibility index (Phi) is 5.73. The van der Waals surface area contributed by atoms with E-state index in [4.69, 9.17) is 0 Å². The van der Waals surface area contributed by atoms with Crippen molar-refractivity contribution >= 4 is 33.8 Å². The van der Waals surface area contributed by atoms with Crippen LogP contribution in [-0.4, -0.2) is 10.9 Å². The van der Waals surface area contributed by atoms with Gasteiger partial charge in [0.05, 0.1) is 11.3 Å². The third kappa shape index (κ3) is 5.10. The number of rotatable bonds is 5. The van der Waals surface area contributed by atoms with Gasteiger partial charge in [0.15, 0.2) is 5.13 Å². The molecule has 0 saturated carbocycles. The van der Waals surface area contributed by atoms with Gasteiger partial charge in [0, 0.05) is 27.9 Å². The first-order valence-corrected chi connectivity index (χ1v) is 10.1. The van der Waals surface area contributed by atoms with Crippen molar-refractivity contribution in [3.63, 3.8) is 0 Å². The van der Waals surface area contributed by atoms with E-state index in [1.54, 1.807) is 24.3 Å². The van der Waals surface area contributed by atoms with E-state index in [0.29, 0.717) is 5.69 Å². The molecule has 0 aliphatic rings. The summed E-state index contributed by atoms with van der Waals surface area (Å²) < 4.78 is 38.5. The van der Waals surface area contributed by atoms with E-state index in [2.05, 4.69) is 15.6 Å². The maximum absolute atomic E-state index is 12.8. The maximum atomic E-state index is 12.8. The van der Waals surface area contributed by atoms with Crippen LogP contribution in [0.25, 0.3) is 11.3 Å². The number of alkyl halides is 3. The number of hydrogen-bond donors (Lipinski definition) is 2. The van der Waals surface area contributed by atoms with Gasteiger partial charge in [0.25, 0.3) is 5.91 Å². The zero-order chi connectivity index (χ0) is 21.8. The summed E-state index contributed by atoms with van der Waals surface area (Å²) in [6, 6.07) is 21.0. The van der Waals surface area contributed by atoms with Gasteiger partial charge in [-0.05, 0) is 42.5 Å². The van der Waals surface area contributed by atoms with Crippen molar-refractivity contribution in [2.24, 2.45) is 0 Å². The summed E-state index contributed by atoms with van der Waals surface area (Å²) in [6.45, 7) is 0. The molecule has 0 atom stereocenters. The van der Waals surface area contributed by atoms with Gasteiger partial charge >= 0.3 is 6.18 Å². The Morgan fingerprint density at radius 2 is 1.61 bits per heavy atom. The predicted octanol–water partition coefficient (Wildman–Crippen LogP) is 6.82. The molecule has 1 aromatic heterocycles. The van der Waals surface area contributed by atoms with Crippen molar-refractivity contribution in [3.8, 4) is 11.3 Å². The first-order chi connectivity index (χ1) is 14.9. The fourth-order valence-corrected chi connectivity index (χ4v) is 3.61. The van der Waals surface area contributed by atoms with Crippen molar-refractivity contribution < 1.29 is 18.0 Å². The molecule has 1 heterocycles. The Hall–Kier alpha value is -3.65. The standard InChI is InChI=1S/C23H16F3N3OS/c24-23(25,26)17-6-4-5-16(13-17)21(30)27-19-11-9-15(10-12-19)20-14-31-22(29-20)28-18-7-2-1-3-8-18/h1-14H,(H,27,30)(H,28,29). The van der Waals surface area contributed by atoms with E-state index < -0.39 is 17.6 Å². The Balaban J connectivity index is 1.44. The number of aromatic nitrogens is 1. The monoisotopic (exact) mass is 439 g/mol. The van der Waals surface area contributed by atoms with E-state index in [0.717, 1.165) is 34.2 Å². The van der Waals surface area contributed by atoms with Gasteiger partial charge in [-0.25, -0.2) is 4.98 Å². The Morgan fingerprint density at radius 3 is 2.32 bits per heavy atom. The maximum Gasteiger partial charge on any atom is 0.416 e. The van der Waals surface area contributed by atoms with Crippen LogP contribution in [0.2, 0.25) is 0 Å². The molecule has 8 heteroatoms. The average Bonchev–Trinajstić information content (AvgIpc) is 3.23. The van der Waals surface area contributed by atoms with Crippen LogP contribution < -0.4 is 10.6 Å². The largest absolute Gasteiger partial charge is 0.416 e. The van der Waals surface area contributed by atoms with Gasteiger partial charge in [0.1, 0.15) is 0 Å². The highest BCUT2D eigenvalue weighted by Gasteiger charge is 2.30. The topological polar surface area (TPSA) is 54.0 Å². The van der Waals surface area contributed by atoms with E-state index in [1.165, 1.54) is 23.5 Å². The quantitative estimate of drug-likeness (QED) is 0.359. The van der Waals surface area contributed by atoms with Crippen LogP contribution in [0.5, 0.6) is 0 Å². The third-order valence-corrected chi connectivity index (χ3v) is 5.18. The number of carbonyl (C=O) groups excluding carboxylic acids is 1. The highest BCUT2D eigenvalue weighted by Crippen LogP contribution is 2.30. The smallest absolute Gasteiger partial charge is 0.332 e. The number of benzene rings is 3. The SMILES string of the molecule is O=C(Nc1ccc(-c2csc(Nc3ccccc3)n2)cc1)c1cccc(C(F)(F)F)c1. The number of para-hydroxylation sites is 1. The lowest BCUT2D eigenvalue weighted by Gasteiger charge is -2.09. The molecule has 0 spiro atoms. The molecule has 0 bridgehead atoms. The number of hydrogen-bond acceptors (Lipinski definition) is 4. The van der Waals surface area contributed by atoms with E-state index in [-0.39, 0.29) is 5.56 Å². The predicted molar refractivity (Wildman–Crippen MR) is 117 cm³/mol. The van der Waals surface area contributed by atoms with Crippen LogP contribution in [0.1, 0.15) is 15.9 Å². The van der Waals surface area contributed by atoms with Crippen LogP contribution in [0.4, 0.5) is 29.7 Å². The molecule has 0 saturated heterocycles. The van der Waals surface area contributed by atoms with Crippen molar-refractivity contribution in [2.45, 2.75) is 6.18 Å². The second-order valence-corrected chi connectivity index (χ2v) is 7.50. The Bertz CT molecular complexity index is 1190. The summed E-state index contributed by atoms with van der Waals surface area (Å²) in [5.41, 5.74) is 2.13. The molecule has 4 nitrogen and oxygen atoms in total. The Morgan fingerprint density at radius 1 is 0.871 bits per heavy atom. The lowest BCUT2D eigenvalue weighted by molar-refractivity contribution is -0.137. The van der Waals surface area contributed by atoms with Gasteiger partial charge < -0.3 is 10.6 Å². The second-order valence-electron chi connectivity index (χ2n) is 6.64. The number of anilines is 3. The molecule has 0 aliphatic heterocycles. The minimum absolute atomic E-state index is 0.0602. The molecule has 0 aliphatic carbocycles. The molecule has 156 valence electrons. The summed E-state index contributed by atoms with van der Waals surface area (Å²) in [7, 11) is 0. The van der Waals surface area contributed by atoms with Gasteiger partial charge in [0.2, 0.25) is 0 Å². The van der Waals surface area contributed by atoms with Crippen molar-refractivity contribution in [3.05, 3.63) is 95.4 Å². The van der Waals surface area contributed by atoms with Crippen LogP contribution in [0, 0.1) is 0 Å². The molecule has 0 unspecified atom stereocenters. The molecule has 0 fully saturated rings. The molecule has 3 aromatic carbocycles.